The number of Topliss-reactive ketones (excluding diaryl/α,β-unsaturated/α-hetero) is 1. The van der Waals surface area contributed by atoms with Crippen LogP contribution in [0.25, 0.3) is 11.0 Å². The molecule has 0 bridgehead atoms. The summed E-state index contributed by atoms with van der Waals surface area (Å²) in [5.74, 6) is -0.813. The van der Waals surface area contributed by atoms with Gasteiger partial charge >= 0.3 is 5.97 Å². The minimum atomic E-state index is -1.06. The number of nitrogens with zero attached hydrogens (tertiary/aromatic N) is 12. The number of imidazole rings is 2. The lowest BCUT2D eigenvalue weighted by molar-refractivity contribution is 0.0690. The molecule has 20 heteroatoms. The van der Waals surface area contributed by atoms with E-state index < -0.39 is 17.6 Å². The van der Waals surface area contributed by atoms with Crippen molar-refractivity contribution in [3.05, 3.63) is 153 Å². The van der Waals surface area contributed by atoms with E-state index in [0.717, 1.165) is 41.6 Å². The third-order valence-corrected chi connectivity index (χ3v) is 12.6. The van der Waals surface area contributed by atoms with Crippen LogP contribution in [0.2, 0.25) is 10.0 Å². The first kappa shape index (κ1) is 43.9. The Hall–Kier alpha value is -7.02. The summed E-state index contributed by atoms with van der Waals surface area (Å²) in [6.45, 7) is 1.17. The van der Waals surface area contributed by atoms with Crippen LogP contribution in [0.1, 0.15) is 98.6 Å². The molecule has 2 fully saturated rings. The molecule has 2 saturated carbocycles. The zero-order chi connectivity index (χ0) is 46.3. The first-order valence-corrected chi connectivity index (χ1v) is 22.5. The van der Waals surface area contributed by atoms with Gasteiger partial charge in [0.15, 0.2) is 23.1 Å². The number of aromatic nitrogens is 10. The van der Waals surface area contributed by atoms with Crippen LogP contribution in [0.15, 0.2) is 96.0 Å². The highest BCUT2D eigenvalue weighted by molar-refractivity contribution is 6.31. The molecule has 0 atom stereocenters. The van der Waals surface area contributed by atoms with E-state index in [1.54, 1.807) is 32.1 Å². The van der Waals surface area contributed by atoms with Gasteiger partial charge in [-0.1, -0.05) is 57.9 Å². The number of nitrogens with two attached hydrogens (primary N) is 1. The van der Waals surface area contributed by atoms with Crippen LogP contribution in [0.4, 0.5) is 20.2 Å². The topological polar surface area (TPSA) is 201 Å². The minimum Gasteiger partial charge on any atom is -0.476 e. The Balaban J connectivity index is 0.000000131. The largest absolute Gasteiger partial charge is 0.476 e. The molecule has 16 nitrogen and oxygen atoms in total. The predicted molar refractivity (Wildman–Crippen MR) is 246 cm³/mol. The lowest BCUT2D eigenvalue weighted by Crippen LogP contribution is -2.10. The van der Waals surface area contributed by atoms with Crippen molar-refractivity contribution in [2.45, 2.75) is 82.8 Å². The Morgan fingerprint density at radius 2 is 1.19 bits per heavy atom. The fourth-order valence-corrected chi connectivity index (χ4v) is 8.56. The van der Waals surface area contributed by atoms with E-state index in [2.05, 4.69) is 72.0 Å². The lowest BCUT2D eigenvalue weighted by Gasteiger charge is -2.01. The number of aliphatic imine (C=N–C) groups is 2. The van der Waals surface area contributed by atoms with Gasteiger partial charge in [0.1, 0.15) is 16.7 Å². The molecular weight excluding hydrogens is 904 g/mol. The van der Waals surface area contributed by atoms with Crippen molar-refractivity contribution >= 4 is 68.8 Å². The first-order valence-electron chi connectivity index (χ1n) is 21.7. The Bertz CT molecular complexity index is 3290. The second-order valence-corrected chi connectivity index (χ2v) is 17.7. The molecule has 4 aliphatic rings. The zero-order valence-corrected chi connectivity index (χ0v) is 37.2. The molecule has 12 rings (SSSR count). The normalized spacial score (nSPS) is 14.8. The van der Waals surface area contributed by atoms with Crippen molar-refractivity contribution in [2.75, 3.05) is 0 Å². The molecule has 340 valence electrons. The van der Waals surface area contributed by atoms with Crippen LogP contribution in [0, 0.1) is 11.6 Å². The molecule has 0 saturated heterocycles. The highest BCUT2D eigenvalue weighted by atomic mass is 35.5. The van der Waals surface area contributed by atoms with Crippen molar-refractivity contribution in [1.29, 1.82) is 0 Å². The number of fused-ring (bicyclic) bond motifs is 4. The monoisotopic (exact) mass is 943 g/mol. The van der Waals surface area contributed by atoms with E-state index in [-0.39, 0.29) is 46.6 Å². The predicted octanol–water partition coefficient (Wildman–Crippen LogP) is 8.51. The van der Waals surface area contributed by atoms with Gasteiger partial charge in [-0.2, -0.15) is 0 Å². The van der Waals surface area contributed by atoms with E-state index in [9.17, 15) is 18.4 Å². The number of pyridine rings is 2. The van der Waals surface area contributed by atoms with Gasteiger partial charge in [0.2, 0.25) is 0 Å². The minimum absolute atomic E-state index is 0.0271. The second-order valence-electron chi connectivity index (χ2n) is 16.9. The van der Waals surface area contributed by atoms with Crippen LogP contribution in [0.5, 0.6) is 0 Å². The maximum atomic E-state index is 14.4. The number of aryl methyl sites for hydroxylation is 1. The highest BCUT2D eigenvalue weighted by Crippen LogP contribution is 2.43. The van der Waals surface area contributed by atoms with Gasteiger partial charge in [-0.3, -0.25) is 14.8 Å². The molecular formula is C47H41Cl2F2N13O3. The molecule has 8 aromatic rings. The summed E-state index contributed by atoms with van der Waals surface area (Å²) in [4.78, 5) is 41.1. The summed E-state index contributed by atoms with van der Waals surface area (Å²) in [5.41, 5.74) is 16.6. The molecule has 0 amide bonds. The van der Waals surface area contributed by atoms with E-state index in [1.807, 2.05) is 0 Å². The van der Waals surface area contributed by atoms with E-state index in [4.69, 9.17) is 39.0 Å². The van der Waals surface area contributed by atoms with E-state index in [0.29, 0.717) is 41.4 Å². The van der Waals surface area contributed by atoms with Gasteiger partial charge in [-0.05, 0) is 90.5 Å². The number of carbonyl (C=O) groups excluding carboxylic acids is 1. The summed E-state index contributed by atoms with van der Waals surface area (Å²) < 4.78 is 34.1. The van der Waals surface area contributed by atoms with Crippen LogP contribution in [-0.2, 0) is 38.9 Å². The quantitative estimate of drug-likeness (QED) is 0.112. The number of ketones is 1. The lowest BCUT2D eigenvalue weighted by atomic mass is 10.0. The van der Waals surface area contributed by atoms with Crippen LogP contribution in [-0.4, -0.2) is 77.0 Å². The van der Waals surface area contributed by atoms with E-state index in [1.165, 1.54) is 83.6 Å². The van der Waals surface area contributed by atoms with E-state index >= 15 is 0 Å². The van der Waals surface area contributed by atoms with Crippen LogP contribution in [0.3, 0.4) is 0 Å². The second kappa shape index (κ2) is 18.3. The number of carbonyl (C=O) groups is 2. The Labute approximate surface area is 390 Å². The maximum absolute atomic E-state index is 14.4. The number of benzene rings is 2. The van der Waals surface area contributed by atoms with Gasteiger partial charge in [-0.15, -0.1) is 10.2 Å². The Kier molecular flexibility index (Phi) is 12.0. The molecule has 2 aromatic carbocycles. The molecule has 0 spiro atoms. The number of aromatic carboxylic acids is 1. The molecule has 67 heavy (non-hydrogen) atoms. The third kappa shape index (κ3) is 9.50. The SMILES string of the molecule is NCc1ncn2ccc(Cl)c(F)c12.O=C(CCc1ncn2ccc(Cl)c(F)c12)c1cn(CC2=Nc3cc(C4CC4)ccc3C2)nn1.O=C(O)c1cn(CC2=Nc3cc(C4CC4)ccc3C2)nn1. The van der Waals surface area contributed by atoms with Gasteiger partial charge in [0.25, 0.3) is 0 Å². The number of hydrogen-bond acceptors (Lipinski definition) is 11. The average Bonchev–Trinajstić information content (AvgIpc) is 3.90. The van der Waals surface area contributed by atoms with Gasteiger partial charge in [0.05, 0.1) is 70.9 Å². The number of carboxylic acids is 1. The van der Waals surface area contributed by atoms with Crippen molar-refractivity contribution in [1.82, 2.24) is 48.8 Å². The van der Waals surface area contributed by atoms with Crippen LogP contribution >= 0.6 is 23.2 Å². The number of rotatable bonds is 12. The number of carboxylic acid groups (broad SMARTS) is 1. The molecule has 2 aliphatic heterocycles. The Morgan fingerprint density at radius 1 is 0.701 bits per heavy atom. The fourth-order valence-electron chi connectivity index (χ4n) is 8.27. The molecule has 6 aromatic heterocycles. The fraction of sp³-hybridized carbons (Fsp3) is 0.277. The molecule has 3 N–H and O–H groups in total. The first-order chi connectivity index (χ1) is 32.5. The summed E-state index contributed by atoms with van der Waals surface area (Å²) in [6.07, 6.45) is 16.5. The van der Waals surface area contributed by atoms with Crippen molar-refractivity contribution in [3.8, 4) is 0 Å². The summed E-state index contributed by atoms with van der Waals surface area (Å²) >= 11 is 11.5. The standard InChI is InChI=1S/C24H20ClFN6O.C15H14N4O2.C8H7ClFN3/c25-18-7-8-31-13-27-19(24(31)23(18)26)5-6-22(33)21-12-32(30-29-21)11-17-9-16-4-3-15(14-1-2-14)10-20(16)28-17;20-15(21)14-8-19(18-17-14)7-12-5-11-4-3-10(9-1-2-9)6-13(11)16-12;9-5-1-2-13-4-12-6(3-11)8(13)7(5)10/h3-4,7-8,10,12-14H,1-2,5-6,9,11H2;3-4,6,8-9H,1-2,5,7H2,(H,20,21);1-2,4H,3,11H2. The molecule has 2 aliphatic carbocycles. The number of hydrogen-bond donors (Lipinski definition) is 2. The van der Waals surface area contributed by atoms with Gasteiger partial charge in [0, 0.05) is 49.6 Å². The zero-order valence-electron chi connectivity index (χ0n) is 35.7. The molecule has 0 unspecified atom stereocenters. The smallest absolute Gasteiger partial charge is 0.358 e. The maximum Gasteiger partial charge on any atom is 0.358 e. The van der Waals surface area contributed by atoms with Gasteiger partial charge in [-0.25, -0.2) is 32.9 Å². The summed E-state index contributed by atoms with van der Waals surface area (Å²) in [7, 11) is 0. The molecule has 0 radical (unpaired) electrons. The van der Waals surface area contributed by atoms with Gasteiger partial charge < -0.3 is 19.6 Å². The Morgan fingerprint density at radius 3 is 1.69 bits per heavy atom. The van der Waals surface area contributed by atoms with Crippen molar-refractivity contribution in [2.24, 2.45) is 15.7 Å². The summed E-state index contributed by atoms with van der Waals surface area (Å²) in [5, 5.41) is 24.5. The third-order valence-electron chi connectivity index (χ3n) is 12.1. The van der Waals surface area contributed by atoms with Crippen molar-refractivity contribution < 1.29 is 23.5 Å². The molecule has 8 heterocycles. The van der Waals surface area contributed by atoms with Crippen LogP contribution < -0.4 is 5.73 Å². The highest BCUT2D eigenvalue weighted by Gasteiger charge is 2.27. The number of halogens is 4. The summed E-state index contributed by atoms with van der Waals surface area (Å²) in [6, 6.07) is 16.1. The average molecular weight is 945 g/mol. The van der Waals surface area contributed by atoms with Crippen molar-refractivity contribution in [3.63, 3.8) is 0 Å².